The number of unbranched alkanes of at least 4 members (excludes halogenated alkanes) is 31. The van der Waals surface area contributed by atoms with Crippen molar-refractivity contribution >= 4 is 17.9 Å². The summed E-state index contributed by atoms with van der Waals surface area (Å²) in [5.41, 5.74) is 0. The molecular weight excluding hydrogens is 901 g/mol. The highest BCUT2D eigenvalue weighted by Gasteiger charge is 2.19. The number of esters is 3. The van der Waals surface area contributed by atoms with E-state index in [-0.39, 0.29) is 31.1 Å². The Morgan fingerprint density at radius 1 is 0.288 bits per heavy atom. The third-order valence-electron chi connectivity index (χ3n) is 13.4. The van der Waals surface area contributed by atoms with Gasteiger partial charge in [0.05, 0.1) is 0 Å². The monoisotopic (exact) mass is 1020 g/mol. The molecule has 73 heavy (non-hydrogen) atoms. The first-order valence-corrected chi connectivity index (χ1v) is 31.1. The predicted molar refractivity (Wildman–Crippen MR) is 316 cm³/mol. The molecule has 1 unspecified atom stereocenters. The van der Waals surface area contributed by atoms with Gasteiger partial charge in [0.1, 0.15) is 13.2 Å². The van der Waals surface area contributed by atoms with Gasteiger partial charge in [-0.15, -0.1) is 0 Å². The van der Waals surface area contributed by atoms with Crippen LogP contribution < -0.4 is 0 Å². The Kier molecular flexibility index (Phi) is 58.3. The van der Waals surface area contributed by atoms with Crippen LogP contribution in [-0.2, 0) is 28.6 Å². The summed E-state index contributed by atoms with van der Waals surface area (Å²) in [5.74, 6) is -0.909. The minimum atomic E-state index is -0.787. The van der Waals surface area contributed by atoms with Gasteiger partial charge in [0, 0.05) is 19.3 Å². The highest BCUT2D eigenvalue weighted by molar-refractivity contribution is 5.71. The molecule has 0 saturated heterocycles. The number of rotatable bonds is 56. The molecule has 0 bridgehead atoms. The lowest BCUT2D eigenvalue weighted by molar-refractivity contribution is -0.167. The van der Waals surface area contributed by atoms with Crippen LogP contribution in [0.1, 0.15) is 303 Å². The first-order valence-electron chi connectivity index (χ1n) is 31.1. The lowest BCUT2D eigenvalue weighted by Crippen LogP contribution is -2.30. The summed E-state index contributed by atoms with van der Waals surface area (Å²) < 4.78 is 16.8. The maximum absolute atomic E-state index is 12.9. The van der Waals surface area contributed by atoms with Gasteiger partial charge < -0.3 is 14.2 Å². The Labute approximate surface area is 452 Å². The van der Waals surface area contributed by atoms with Crippen LogP contribution in [0.5, 0.6) is 0 Å². The topological polar surface area (TPSA) is 78.9 Å². The van der Waals surface area contributed by atoms with Gasteiger partial charge in [-0.05, 0) is 77.0 Å². The van der Waals surface area contributed by atoms with E-state index in [1.165, 1.54) is 154 Å². The van der Waals surface area contributed by atoms with E-state index in [9.17, 15) is 14.4 Å². The van der Waals surface area contributed by atoms with E-state index in [1.807, 2.05) is 0 Å². The number of hydrogen-bond acceptors (Lipinski definition) is 6. The lowest BCUT2D eigenvalue weighted by atomic mass is 10.0. The minimum absolute atomic E-state index is 0.0838. The van der Waals surface area contributed by atoms with Crippen LogP contribution in [0, 0.1) is 0 Å². The van der Waals surface area contributed by atoms with Crippen LogP contribution in [0.3, 0.4) is 0 Å². The van der Waals surface area contributed by atoms with Crippen molar-refractivity contribution in [3.63, 3.8) is 0 Å². The van der Waals surface area contributed by atoms with Crippen LogP contribution in [-0.4, -0.2) is 37.2 Å². The number of carbonyl (C=O) groups is 3. The molecule has 0 aliphatic heterocycles. The molecule has 0 N–H and O–H groups in total. The number of allylic oxidation sites excluding steroid dienone is 14. The summed E-state index contributed by atoms with van der Waals surface area (Å²) >= 11 is 0. The molecule has 420 valence electrons. The second-order valence-corrected chi connectivity index (χ2v) is 20.6. The van der Waals surface area contributed by atoms with Crippen LogP contribution in [0.4, 0.5) is 0 Å². The molecule has 0 rings (SSSR count). The number of ether oxygens (including phenoxy) is 3. The van der Waals surface area contributed by atoms with E-state index < -0.39 is 6.10 Å². The second kappa shape index (κ2) is 61.1. The largest absolute Gasteiger partial charge is 0.462 e. The molecule has 0 heterocycles. The van der Waals surface area contributed by atoms with Crippen molar-refractivity contribution in [2.75, 3.05) is 13.2 Å². The van der Waals surface area contributed by atoms with Crippen LogP contribution in [0.2, 0.25) is 0 Å². The van der Waals surface area contributed by atoms with Gasteiger partial charge in [0.2, 0.25) is 0 Å². The van der Waals surface area contributed by atoms with Gasteiger partial charge in [-0.2, -0.15) is 0 Å². The third-order valence-corrected chi connectivity index (χ3v) is 13.4. The molecule has 0 radical (unpaired) electrons. The number of hydrogen-bond donors (Lipinski definition) is 0. The zero-order chi connectivity index (χ0) is 52.9. The number of carbonyl (C=O) groups excluding carboxylic acids is 3. The first kappa shape index (κ1) is 69.6. The molecule has 1 atom stereocenters. The van der Waals surface area contributed by atoms with Crippen molar-refractivity contribution in [3.8, 4) is 0 Å². The first-order chi connectivity index (χ1) is 36.0. The lowest BCUT2D eigenvalue weighted by Gasteiger charge is -2.18. The summed E-state index contributed by atoms with van der Waals surface area (Å²) in [5, 5.41) is 0. The minimum Gasteiger partial charge on any atom is -0.462 e. The van der Waals surface area contributed by atoms with Gasteiger partial charge >= 0.3 is 17.9 Å². The summed E-state index contributed by atoms with van der Waals surface area (Å²) in [6.07, 6.45) is 80.2. The highest BCUT2D eigenvalue weighted by Crippen LogP contribution is 2.17. The Bertz CT molecular complexity index is 1400. The molecular formula is C67H116O6. The fourth-order valence-corrected chi connectivity index (χ4v) is 8.78. The fraction of sp³-hybridized carbons (Fsp3) is 0.746. The van der Waals surface area contributed by atoms with Crippen molar-refractivity contribution in [1.29, 1.82) is 0 Å². The Morgan fingerprint density at radius 2 is 0.534 bits per heavy atom. The summed E-state index contributed by atoms with van der Waals surface area (Å²) in [6, 6.07) is 0. The van der Waals surface area contributed by atoms with Crippen molar-refractivity contribution in [2.45, 2.75) is 309 Å². The van der Waals surface area contributed by atoms with Gasteiger partial charge in [-0.3, -0.25) is 14.4 Å². The Hall–Kier alpha value is -3.41. The van der Waals surface area contributed by atoms with Crippen molar-refractivity contribution in [3.05, 3.63) is 85.1 Å². The zero-order valence-corrected chi connectivity index (χ0v) is 48.1. The summed E-state index contributed by atoms with van der Waals surface area (Å²) in [6.45, 7) is 6.51. The van der Waals surface area contributed by atoms with Crippen molar-refractivity contribution < 1.29 is 28.6 Å². The summed E-state index contributed by atoms with van der Waals surface area (Å²) in [4.78, 5) is 38.1. The molecule has 0 spiro atoms. The average molecular weight is 1020 g/mol. The molecule has 0 aromatic heterocycles. The zero-order valence-electron chi connectivity index (χ0n) is 48.1. The van der Waals surface area contributed by atoms with Gasteiger partial charge in [-0.25, -0.2) is 0 Å². The van der Waals surface area contributed by atoms with E-state index in [2.05, 4.69) is 106 Å². The standard InChI is InChI=1S/C67H116O6/c1-4-7-10-13-16-19-21-23-25-27-29-31-32-33-34-36-37-39-41-43-45-48-51-54-57-60-66(69)72-63-64(62-71-65(68)59-56-53-50-47-18-15-12-9-6-3)73-67(70)61-58-55-52-49-46-44-42-40-38-35-30-28-26-24-22-20-17-14-11-8-5-2/h7,10,16,19,23,25,29,31,33-34,37,39,43,45,64H,4-6,8-9,11-15,17-18,20-22,24,26-28,30,32,35-36,38,40-42,44,46-63H2,1-3H3/b10-7-,19-16-,25-23-,31-29-,34-33-,39-37-,45-43-. The van der Waals surface area contributed by atoms with Crippen molar-refractivity contribution in [2.24, 2.45) is 0 Å². The third kappa shape index (κ3) is 59.3. The van der Waals surface area contributed by atoms with Crippen LogP contribution in [0.15, 0.2) is 85.1 Å². The Morgan fingerprint density at radius 3 is 0.836 bits per heavy atom. The van der Waals surface area contributed by atoms with Gasteiger partial charge in [0.25, 0.3) is 0 Å². The quantitative estimate of drug-likeness (QED) is 0.0261. The maximum Gasteiger partial charge on any atom is 0.306 e. The normalized spacial score (nSPS) is 12.6. The SMILES string of the molecule is CC/C=C\C/C=C\C/C=C\C/C=C\C/C=C\C/C=C\C/C=C\CCCCCC(=O)OCC(COC(=O)CCCCCCCCCCC)OC(=O)CCCCCCCCCCCCCCCCCCCCCCC. The molecule has 0 aromatic carbocycles. The average Bonchev–Trinajstić information content (AvgIpc) is 3.39. The van der Waals surface area contributed by atoms with E-state index in [0.717, 1.165) is 109 Å². The summed E-state index contributed by atoms with van der Waals surface area (Å²) in [7, 11) is 0. The predicted octanol–water partition coefficient (Wildman–Crippen LogP) is 21.1. The smallest absolute Gasteiger partial charge is 0.306 e. The Balaban J connectivity index is 4.30. The maximum atomic E-state index is 12.9. The molecule has 0 amide bonds. The fourth-order valence-electron chi connectivity index (χ4n) is 8.78. The van der Waals surface area contributed by atoms with Crippen molar-refractivity contribution in [1.82, 2.24) is 0 Å². The van der Waals surface area contributed by atoms with Gasteiger partial charge in [-0.1, -0.05) is 292 Å². The van der Waals surface area contributed by atoms with Crippen LogP contribution >= 0.6 is 0 Å². The molecule has 0 aliphatic carbocycles. The second-order valence-electron chi connectivity index (χ2n) is 20.6. The highest BCUT2D eigenvalue weighted by atomic mass is 16.6. The van der Waals surface area contributed by atoms with E-state index >= 15 is 0 Å². The molecule has 0 saturated carbocycles. The molecule has 0 fully saturated rings. The molecule has 6 nitrogen and oxygen atoms in total. The van der Waals surface area contributed by atoms with E-state index in [4.69, 9.17) is 14.2 Å². The van der Waals surface area contributed by atoms with Gasteiger partial charge in [0.15, 0.2) is 6.10 Å². The molecule has 0 aliphatic rings. The molecule has 0 aromatic rings. The van der Waals surface area contributed by atoms with Crippen LogP contribution in [0.25, 0.3) is 0 Å². The molecule has 6 heteroatoms. The van der Waals surface area contributed by atoms with E-state index in [0.29, 0.717) is 19.3 Å². The van der Waals surface area contributed by atoms with E-state index in [1.54, 1.807) is 0 Å².